The number of amides is 2. The van der Waals surface area contributed by atoms with Gasteiger partial charge in [0.05, 0.1) is 5.71 Å². The summed E-state index contributed by atoms with van der Waals surface area (Å²) >= 11 is 0. The number of benzene rings is 2. The van der Waals surface area contributed by atoms with Gasteiger partial charge in [0.2, 0.25) is 5.91 Å². The molecule has 146 valence electrons. The number of alkyl halides is 3. The highest BCUT2D eigenvalue weighted by Gasteiger charge is 2.43. The minimum atomic E-state index is -4.97. The molecule has 1 aliphatic carbocycles. The molecule has 0 heterocycles. The summed E-state index contributed by atoms with van der Waals surface area (Å²) in [5.74, 6) is -2.21. The van der Waals surface area contributed by atoms with E-state index in [2.05, 4.69) is 10.5 Å². The summed E-state index contributed by atoms with van der Waals surface area (Å²) in [4.78, 5) is 23.3. The molecule has 8 heteroatoms. The van der Waals surface area contributed by atoms with E-state index in [0.29, 0.717) is 11.3 Å². The van der Waals surface area contributed by atoms with Crippen molar-refractivity contribution in [2.45, 2.75) is 25.4 Å². The van der Waals surface area contributed by atoms with Gasteiger partial charge in [-0.1, -0.05) is 42.5 Å². The molecule has 0 aliphatic heterocycles. The highest BCUT2D eigenvalue weighted by Crippen LogP contribution is 2.47. The maximum Gasteiger partial charge on any atom is 0.471 e. The largest absolute Gasteiger partial charge is 0.471 e. The molecule has 0 saturated heterocycles. The summed E-state index contributed by atoms with van der Waals surface area (Å²) in [7, 11) is 0. The molecule has 1 aliphatic rings. The third-order valence-corrected chi connectivity index (χ3v) is 4.48. The molecule has 2 N–H and O–H groups in total. The summed E-state index contributed by atoms with van der Waals surface area (Å²) in [6.07, 6.45) is -4.21. The Kier molecular flexibility index (Phi) is 5.48. The monoisotopic (exact) mass is 389 g/mol. The lowest BCUT2D eigenvalue weighted by molar-refractivity contribution is -0.167. The van der Waals surface area contributed by atoms with Crippen molar-refractivity contribution in [1.82, 2.24) is 5.43 Å². The fourth-order valence-corrected chi connectivity index (χ4v) is 2.86. The van der Waals surface area contributed by atoms with Crippen LogP contribution in [0.4, 0.5) is 18.9 Å². The van der Waals surface area contributed by atoms with Crippen molar-refractivity contribution in [2.24, 2.45) is 11.0 Å². The van der Waals surface area contributed by atoms with Crippen molar-refractivity contribution in [3.8, 4) is 0 Å². The van der Waals surface area contributed by atoms with Gasteiger partial charge >= 0.3 is 12.1 Å². The standard InChI is InChI=1S/C20H18F3N3O2/c1-12(14-8-5-9-15(10-14)24-19(28)20(21,22)23)25-26-18(27)17-11-16(17)13-6-3-2-4-7-13/h2-10,16-17H,11H2,1H3,(H,24,28)(H,26,27)/b25-12-/t16-,17+/m1/s1. The van der Waals surface area contributed by atoms with Crippen molar-refractivity contribution < 1.29 is 22.8 Å². The number of anilines is 1. The zero-order valence-corrected chi connectivity index (χ0v) is 15.0. The van der Waals surface area contributed by atoms with E-state index in [1.54, 1.807) is 18.3 Å². The first-order chi connectivity index (χ1) is 13.3. The van der Waals surface area contributed by atoms with E-state index in [9.17, 15) is 22.8 Å². The van der Waals surface area contributed by atoms with E-state index in [0.717, 1.165) is 12.0 Å². The van der Waals surface area contributed by atoms with Crippen molar-refractivity contribution in [2.75, 3.05) is 5.32 Å². The van der Waals surface area contributed by atoms with Crippen LogP contribution in [-0.2, 0) is 9.59 Å². The minimum absolute atomic E-state index is 0.00737. The molecule has 2 atom stereocenters. The zero-order chi connectivity index (χ0) is 20.3. The van der Waals surface area contributed by atoms with Gasteiger partial charge in [-0.25, -0.2) is 5.43 Å². The number of carbonyl (C=O) groups is 2. The quantitative estimate of drug-likeness (QED) is 0.603. The van der Waals surface area contributed by atoms with E-state index in [-0.39, 0.29) is 23.4 Å². The molecule has 0 spiro atoms. The van der Waals surface area contributed by atoms with Crippen LogP contribution in [0.2, 0.25) is 0 Å². The first kappa shape index (κ1) is 19.6. The predicted octanol–water partition coefficient (Wildman–Crippen LogP) is 3.83. The molecular weight excluding hydrogens is 371 g/mol. The second-order valence-corrected chi connectivity index (χ2v) is 6.57. The van der Waals surface area contributed by atoms with Crippen molar-refractivity contribution in [3.05, 3.63) is 65.7 Å². The summed E-state index contributed by atoms with van der Waals surface area (Å²) < 4.78 is 37.1. The normalized spacial score (nSPS) is 19.1. The van der Waals surface area contributed by atoms with Gasteiger partial charge < -0.3 is 5.32 Å². The molecular formula is C20H18F3N3O2. The van der Waals surface area contributed by atoms with E-state index < -0.39 is 12.1 Å². The number of halogens is 3. The lowest BCUT2D eigenvalue weighted by atomic mass is 10.1. The van der Waals surface area contributed by atoms with Gasteiger partial charge in [0.15, 0.2) is 0 Å². The van der Waals surface area contributed by atoms with Crippen LogP contribution in [0, 0.1) is 5.92 Å². The van der Waals surface area contributed by atoms with Crippen LogP contribution in [-0.4, -0.2) is 23.7 Å². The lowest BCUT2D eigenvalue weighted by Crippen LogP contribution is -2.30. The highest BCUT2D eigenvalue weighted by atomic mass is 19.4. The maximum absolute atomic E-state index is 12.4. The Labute approximate surface area is 159 Å². The van der Waals surface area contributed by atoms with E-state index in [1.165, 1.54) is 18.2 Å². The fourth-order valence-electron chi connectivity index (χ4n) is 2.86. The lowest BCUT2D eigenvalue weighted by Gasteiger charge is -2.09. The number of hydrogen-bond acceptors (Lipinski definition) is 3. The number of nitrogens with zero attached hydrogens (tertiary/aromatic N) is 1. The van der Waals surface area contributed by atoms with Crippen LogP contribution in [0.25, 0.3) is 0 Å². The van der Waals surface area contributed by atoms with Crippen LogP contribution in [0.15, 0.2) is 59.7 Å². The first-order valence-corrected chi connectivity index (χ1v) is 8.63. The molecule has 0 aromatic heterocycles. The smallest absolute Gasteiger partial charge is 0.318 e. The Morgan fingerprint density at radius 3 is 2.46 bits per heavy atom. The van der Waals surface area contributed by atoms with Crippen molar-refractivity contribution in [1.29, 1.82) is 0 Å². The van der Waals surface area contributed by atoms with Gasteiger partial charge in [-0.05, 0) is 42.5 Å². The van der Waals surface area contributed by atoms with E-state index >= 15 is 0 Å². The number of carbonyl (C=O) groups excluding carboxylic acids is 2. The summed E-state index contributed by atoms with van der Waals surface area (Å²) in [6, 6.07) is 15.5. The third kappa shape index (κ3) is 4.76. The van der Waals surface area contributed by atoms with Gasteiger partial charge in [0.25, 0.3) is 0 Å². The van der Waals surface area contributed by atoms with Crippen molar-refractivity contribution >= 4 is 23.2 Å². The maximum atomic E-state index is 12.4. The van der Waals surface area contributed by atoms with Crippen LogP contribution in [0.3, 0.4) is 0 Å². The third-order valence-electron chi connectivity index (χ3n) is 4.48. The van der Waals surface area contributed by atoms with Gasteiger partial charge in [-0.3, -0.25) is 9.59 Å². The second-order valence-electron chi connectivity index (χ2n) is 6.57. The van der Waals surface area contributed by atoms with Crippen LogP contribution < -0.4 is 10.7 Å². The molecule has 28 heavy (non-hydrogen) atoms. The number of rotatable bonds is 5. The minimum Gasteiger partial charge on any atom is -0.318 e. The Hall–Kier alpha value is -3.16. The molecule has 5 nitrogen and oxygen atoms in total. The van der Waals surface area contributed by atoms with E-state index in [1.807, 2.05) is 30.3 Å². The van der Waals surface area contributed by atoms with Crippen LogP contribution >= 0.6 is 0 Å². The SMILES string of the molecule is C/C(=N/NC(=O)[C@H]1C[C@@H]1c1ccccc1)c1cccc(NC(=O)C(F)(F)F)c1. The topological polar surface area (TPSA) is 70.6 Å². The molecule has 3 rings (SSSR count). The highest BCUT2D eigenvalue weighted by molar-refractivity contribution is 6.01. The predicted molar refractivity (Wildman–Crippen MR) is 98.8 cm³/mol. The van der Waals surface area contributed by atoms with Gasteiger partial charge in [-0.15, -0.1) is 0 Å². The number of nitrogens with one attached hydrogen (secondary N) is 2. The summed E-state index contributed by atoms with van der Waals surface area (Å²) in [5, 5.41) is 5.82. The van der Waals surface area contributed by atoms with Gasteiger partial charge in [0.1, 0.15) is 0 Å². The fraction of sp³-hybridized carbons (Fsp3) is 0.250. The summed E-state index contributed by atoms with van der Waals surface area (Å²) in [6.45, 7) is 1.62. The second kappa shape index (κ2) is 7.84. The molecule has 1 fully saturated rings. The average molecular weight is 389 g/mol. The van der Waals surface area contributed by atoms with Crippen LogP contribution in [0.5, 0.6) is 0 Å². The molecule has 2 aromatic carbocycles. The number of hydrogen-bond donors (Lipinski definition) is 2. The molecule has 0 bridgehead atoms. The number of hydrazone groups is 1. The zero-order valence-electron chi connectivity index (χ0n) is 15.0. The van der Waals surface area contributed by atoms with Gasteiger partial charge in [0, 0.05) is 11.6 Å². The molecule has 1 saturated carbocycles. The Bertz CT molecular complexity index is 910. The van der Waals surface area contributed by atoms with Crippen molar-refractivity contribution in [3.63, 3.8) is 0 Å². The molecule has 2 amide bonds. The summed E-state index contributed by atoms with van der Waals surface area (Å²) in [5.41, 5.74) is 4.50. The Balaban J connectivity index is 1.60. The molecule has 0 radical (unpaired) electrons. The van der Waals surface area contributed by atoms with Crippen LogP contribution in [0.1, 0.15) is 30.4 Å². The molecule has 2 aromatic rings. The average Bonchev–Trinajstić information content (AvgIpc) is 3.47. The van der Waals surface area contributed by atoms with E-state index in [4.69, 9.17) is 0 Å². The Morgan fingerprint density at radius 2 is 1.79 bits per heavy atom. The van der Waals surface area contributed by atoms with Gasteiger partial charge in [-0.2, -0.15) is 18.3 Å². The molecule has 0 unspecified atom stereocenters. The Morgan fingerprint density at radius 1 is 1.07 bits per heavy atom. The first-order valence-electron chi connectivity index (χ1n) is 8.63.